The molecule has 1 heterocycles. The minimum Gasteiger partial charge on any atom is -0.351 e. The van der Waals surface area contributed by atoms with Crippen LogP contribution >= 0.6 is 0 Å². The van der Waals surface area contributed by atoms with Gasteiger partial charge in [0.05, 0.1) is 25.4 Å². The number of hydrogen-bond acceptors (Lipinski definition) is 5. The smallest absolute Gasteiger partial charge is 0.292 e. The topological polar surface area (TPSA) is 57.2 Å². The molecule has 1 aliphatic rings. The van der Waals surface area contributed by atoms with E-state index < -0.39 is 12.1 Å². The maximum absolute atomic E-state index is 13.5. The molecule has 0 spiro atoms. The SMILES string of the molecule is CCCOC(CN1C(=O)C(OCCC)(OCCC)c2ccccc21)OCCC. The van der Waals surface area contributed by atoms with Crippen molar-refractivity contribution in [1.82, 2.24) is 0 Å². The molecule has 0 unspecified atom stereocenters. The van der Waals surface area contributed by atoms with Crippen LogP contribution in [0.15, 0.2) is 24.3 Å². The Kier molecular flexibility index (Phi) is 9.38. The normalized spacial score (nSPS) is 15.5. The highest BCUT2D eigenvalue weighted by atomic mass is 16.7. The van der Waals surface area contributed by atoms with Gasteiger partial charge in [-0.3, -0.25) is 4.79 Å². The molecule has 1 amide bonds. The molecule has 28 heavy (non-hydrogen) atoms. The van der Waals surface area contributed by atoms with Gasteiger partial charge in [-0.05, 0) is 31.7 Å². The Bertz CT molecular complexity index is 590. The summed E-state index contributed by atoms with van der Waals surface area (Å²) in [4.78, 5) is 15.2. The van der Waals surface area contributed by atoms with E-state index in [1.807, 2.05) is 38.1 Å². The van der Waals surface area contributed by atoms with Crippen LogP contribution in [0.1, 0.15) is 58.9 Å². The lowest BCUT2D eigenvalue weighted by Crippen LogP contribution is -2.47. The molecule has 6 nitrogen and oxygen atoms in total. The van der Waals surface area contributed by atoms with Crippen molar-refractivity contribution in [3.63, 3.8) is 0 Å². The molecule has 0 atom stereocenters. The van der Waals surface area contributed by atoms with Crippen molar-refractivity contribution < 1.29 is 23.7 Å². The molecule has 0 aromatic heterocycles. The van der Waals surface area contributed by atoms with Gasteiger partial charge in [-0.25, -0.2) is 0 Å². The van der Waals surface area contributed by atoms with E-state index in [0.717, 1.165) is 36.9 Å². The Hall–Kier alpha value is -1.47. The monoisotopic (exact) mass is 393 g/mol. The number of rotatable bonds is 14. The summed E-state index contributed by atoms with van der Waals surface area (Å²) < 4.78 is 23.8. The second-order valence-electron chi connectivity index (χ2n) is 6.92. The maximum atomic E-state index is 13.5. The molecule has 0 bridgehead atoms. The first kappa shape index (κ1) is 22.8. The van der Waals surface area contributed by atoms with E-state index in [0.29, 0.717) is 33.0 Å². The van der Waals surface area contributed by atoms with Crippen LogP contribution in [0.2, 0.25) is 0 Å². The van der Waals surface area contributed by atoms with Crippen LogP contribution in [-0.2, 0) is 29.5 Å². The molecule has 0 N–H and O–H groups in total. The lowest BCUT2D eigenvalue weighted by atomic mass is 10.1. The van der Waals surface area contributed by atoms with Crippen LogP contribution in [0, 0.1) is 0 Å². The molecule has 0 fully saturated rings. The Morgan fingerprint density at radius 1 is 0.857 bits per heavy atom. The molecule has 2 rings (SSSR count). The predicted octanol–water partition coefficient (Wildman–Crippen LogP) is 4.22. The van der Waals surface area contributed by atoms with Crippen molar-refractivity contribution in [2.45, 2.75) is 65.5 Å². The minimum atomic E-state index is -1.39. The molecular formula is C22H35NO5. The first-order valence-corrected chi connectivity index (χ1v) is 10.6. The zero-order valence-corrected chi connectivity index (χ0v) is 17.7. The molecule has 158 valence electrons. The fraction of sp³-hybridized carbons (Fsp3) is 0.682. The minimum absolute atomic E-state index is 0.208. The van der Waals surface area contributed by atoms with E-state index in [4.69, 9.17) is 18.9 Å². The van der Waals surface area contributed by atoms with E-state index in [9.17, 15) is 4.79 Å². The van der Waals surface area contributed by atoms with Gasteiger partial charge in [0.2, 0.25) is 0 Å². The van der Waals surface area contributed by atoms with E-state index >= 15 is 0 Å². The number of anilines is 1. The first-order valence-electron chi connectivity index (χ1n) is 10.6. The average molecular weight is 394 g/mol. The fourth-order valence-corrected chi connectivity index (χ4v) is 3.18. The molecule has 6 heteroatoms. The van der Waals surface area contributed by atoms with Gasteiger partial charge in [-0.15, -0.1) is 0 Å². The van der Waals surface area contributed by atoms with E-state index in [1.165, 1.54) is 0 Å². The van der Waals surface area contributed by atoms with Gasteiger partial charge in [-0.1, -0.05) is 45.9 Å². The van der Waals surface area contributed by atoms with Gasteiger partial charge in [0.25, 0.3) is 11.7 Å². The largest absolute Gasteiger partial charge is 0.351 e. The molecular weight excluding hydrogens is 358 g/mol. The average Bonchev–Trinajstić information content (AvgIpc) is 2.95. The van der Waals surface area contributed by atoms with Gasteiger partial charge in [0.1, 0.15) is 0 Å². The zero-order chi connectivity index (χ0) is 20.4. The number of fused-ring (bicyclic) bond motifs is 1. The zero-order valence-electron chi connectivity index (χ0n) is 17.7. The quantitative estimate of drug-likeness (QED) is 0.443. The Labute approximate surface area is 169 Å². The summed E-state index contributed by atoms with van der Waals surface area (Å²) in [7, 11) is 0. The molecule has 0 saturated heterocycles. The summed E-state index contributed by atoms with van der Waals surface area (Å²) in [6, 6.07) is 7.67. The van der Waals surface area contributed by atoms with Crippen molar-refractivity contribution >= 4 is 11.6 Å². The highest BCUT2D eigenvalue weighted by Crippen LogP contribution is 2.44. The van der Waals surface area contributed by atoms with E-state index in [1.54, 1.807) is 4.90 Å². The van der Waals surface area contributed by atoms with Crippen LogP contribution in [0.5, 0.6) is 0 Å². The summed E-state index contributed by atoms with van der Waals surface area (Å²) in [5.74, 6) is -1.59. The maximum Gasteiger partial charge on any atom is 0.292 e. The summed E-state index contributed by atoms with van der Waals surface area (Å²) in [5, 5.41) is 0. The Morgan fingerprint density at radius 3 is 1.93 bits per heavy atom. The van der Waals surface area contributed by atoms with E-state index in [2.05, 4.69) is 13.8 Å². The number of amides is 1. The molecule has 1 aromatic rings. The van der Waals surface area contributed by atoms with Crippen molar-refractivity contribution in [2.75, 3.05) is 37.9 Å². The lowest BCUT2D eigenvalue weighted by molar-refractivity contribution is -0.233. The highest BCUT2D eigenvalue weighted by molar-refractivity contribution is 6.06. The van der Waals surface area contributed by atoms with Gasteiger partial charge < -0.3 is 23.8 Å². The molecule has 0 saturated carbocycles. The fourth-order valence-electron chi connectivity index (χ4n) is 3.18. The number of hydrogen-bond donors (Lipinski definition) is 0. The third kappa shape index (κ3) is 5.11. The number of para-hydroxylation sites is 1. The lowest BCUT2D eigenvalue weighted by Gasteiger charge is -2.30. The summed E-state index contributed by atoms with van der Waals surface area (Å²) >= 11 is 0. The van der Waals surface area contributed by atoms with Gasteiger partial charge in [0, 0.05) is 18.8 Å². The Morgan fingerprint density at radius 2 is 1.39 bits per heavy atom. The van der Waals surface area contributed by atoms with Crippen LogP contribution in [0.4, 0.5) is 5.69 Å². The van der Waals surface area contributed by atoms with Gasteiger partial charge in [0.15, 0.2) is 6.29 Å². The molecule has 1 aliphatic heterocycles. The standard InChI is InChI=1S/C22H35NO5/c1-5-13-25-20(26-14-6-2)17-23-19-12-10-9-11-18(19)22(21(23)24,27-15-7-3)28-16-8-4/h9-12,20H,5-8,13-17H2,1-4H3. The van der Waals surface area contributed by atoms with Crippen LogP contribution in [0.3, 0.4) is 0 Å². The van der Waals surface area contributed by atoms with Crippen LogP contribution in [0.25, 0.3) is 0 Å². The van der Waals surface area contributed by atoms with Crippen molar-refractivity contribution in [3.05, 3.63) is 29.8 Å². The third-order valence-corrected chi connectivity index (χ3v) is 4.44. The number of nitrogens with zero attached hydrogens (tertiary/aromatic N) is 1. The highest BCUT2D eigenvalue weighted by Gasteiger charge is 2.54. The van der Waals surface area contributed by atoms with E-state index in [-0.39, 0.29) is 5.91 Å². The summed E-state index contributed by atoms with van der Waals surface area (Å²) in [6.07, 6.45) is 2.90. The van der Waals surface area contributed by atoms with Crippen LogP contribution in [-0.4, -0.2) is 45.2 Å². The molecule has 1 aromatic carbocycles. The summed E-state index contributed by atoms with van der Waals surface area (Å²) in [5.41, 5.74) is 1.55. The molecule has 0 radical (unpaired) electrons. The number of benzene rings is 1. The van der Waals surface area contributed by atoms with Gasteiger partial charge >= 0.3 is 0 Å². The number of carbonyl (C=O) groups excluding carboxylic acids is 1. The summed E-state index contributed by atoms with van der Waals surface area (Å²) in [6.45, 7) is 10.5. The van der Waals surface area contributed by atoms with Crippen molar-refractivity contribution in [2.24, 2.45) is 0 Å². The van der Waals surface area contributed by atoms with Crippen molar-refractivity contribution in [1.29, 1.82) is 0 Å². The third-order valence-electron chi connectivity index (χ3n) is 4.44. The number of carbonyl (C=O) groups is 1. The second-order valence-corrected chi connectivity index (χ2v) is 6.92. The first-order chi connectivity index (χ1) is 13.6. The Balaban J connectivity index is 2.33. The van der Waals surface area contributed by atoms with Crippen molar-refractivity contribution in [3.8, 4) is 0 Å². The second kappa shape index (κ2) is 11.5. The van der Waals surface area contributed by atoms with Gasteiger partial charge in [-0.2, -0.15) is 0 Å². The molecule has 0 aliphatic carbocycles. The predicted molar refractivity (Wildman–Crippen MR) is 109 cm³/mol. The van der Waals surface area contributed by atoms with Crippen LogP contribution < -0.4 is 4.90 Å². The number of ether oxygens (including phenoxy) is 4.